The third kappa shape index (κ3) is 2.89. The number of hydrogen-bond donors (Lipinski definition) is 1. The van der Waals surface area contributed by atoms with Gasteiger partial charge in [-0.25, -0.2) is 0 Å². The van der Waals surface area contributed by atoms with E-state index in [1.54, 1.807) is 14.2 Å². The SMILES string of the molecule is COc1cc2ccn(CCNc3nsc4ccccc34)c2cc1OC. The molecule has 4 rings (SSSR count). The number of rotatable bonds is 6. The number of nitrogens with one attached hydrogen (secondary N) is 1. The molecule has 2 aromatic heterocycles. The Morgan fingerprint density at radius 2 is 1.88 bits per heavy atom. The third-order valence-corrected chi connectivity index (χ3v) is 5.13. The first-order valence-corrected chi connectivity index (χ1v) is 8.86. The normalized spacial score (nSPS) is 11.1. The van der Waals surface area contributed by atoms with Gasteiger partial charge in [-0.15, -0.1) is 0 Å². The van der Waals surface area contributed by atoms with E-state index < -0.39 is 0 Å². The average Bonchev–Trinajstić information content (AvgIpc) is 3.25. The van der Waals surface area contributed by atoms with E-state index >= 15 is 0 Å². The highest BCUT2D eigenvalue weighted by Gasteiger charge is 2.09. The van der Waals surface area contributed by atoms with E-state index in [1.807, 2.05) is 24.3 Å². The van der Waals surface area contributed by atoms with Gasteiger partial charge in [-0.3, -0.25) is 0 Å². The van der Waals surface area contributed by atoms with Gasteiger partial charge in [0.1, 0.15) is 5.82 Å². The summed E-state index contributed by atoms with van der Waals surface area (Å²) in [6.07, 6.45) is 2.09. The van der Waals surface area contributed by atoms with Crippen molar-refractivity contribution in [3.05, 3.63) is 48.7 Å². The Morgan fingerprint density at radius 3 is 2.72 bits per heavy atom. The maximum absolute atomic E-state index is 5.42. The summed E-state index contributed by atoms with van der Waals surface area (Å²) in [6.45, 7) is 1.64. The maximum atomic E-state index is 5.42. The highest BCUT2D eigenvalue weighted by Crippen LogP contribution is 2.32. The number of aromatic nitrogens is 2. The van der Waals surface area contributed by atoms with Crippen LogP contribution >= 0.6 is 11.5 Å². The molecule has 0 fully saturated rings. The van der Waals surface area contributed by atoms with Crippen LogP contribution in [-0.2, 0) is 6.54 Å². The van der Waals surface area contributed by atoms with Gasteiger partial charge in [0.2, 0.25) is 0 Å². The van der Waals surface area contributed by atoms with E-state index in [-0.39, 0.29) is 0 Å². The molecule has 0 aliphatic rings. The number of methoxy groups -OCH3 is 2. The minimum absolute atomic E-state index is 0.744. The van der Waals surface area contributed by atoms with Crippen LogP contribution in [0.25, 0.3) is 21.0 Å². The van der Waals surface area contributed by atoms with Crippen LogP contribution in [0.2, 0.25) is 0 Å². The molecule has 0 radical (unpaired) electrons. The summed E-state index contributed by atoms with van der Waals surface area (Å²) < 4.78 is 18.7. The van der Waals surface area contributed by atoms with E-state index in [0.29, 0.717) is 0 Å². The summed E-state index contributed by atoms with van der Waals surface area (Å²) >= 11 is 1.52. The van der Waals surface area contributed by atoms with Crippen LogP contribution in [0.3, 0.4) is 0 Å². The van der Waals surface area contributed by atoms with Crippen molar-refractivity contribution in [2.45, 2.75) is 6.54 Å². The fourth-order valence-corrected chi connectivity index (χ4v) is 3.77. The Bertz CT molecular complexity index is 1020. The lowest BCUT2D eigenvalue weighted by Crippen LogP contribution is -2.10. The van der Waals surface area contributed by atoms with Gasteiger partial charge in [0.25, 0.3) is 0 Å². The van der Waals surface area contributed by atoms with Crippen molar-refractivity contribution in [1.29, 1.82) is 0 Å². The molecule has 0 saturated carbocycles. The third-order valence-electron chi connectivity index (χ3n) is 4.30. The van der Waals surface area contributed by atoms with Gasteiger partial charge >= 0.3 is 0 Å². The Labute approximate surface area is 150 Å². The molecule has 0 amide bonds. The van der Waals surface area contributed by atoms with Gasteiger partial charge in [0.15, 0.2) is 11.5 Å². The van der Waals surface area contributed by atoms with Crippen molar-refractivity contribution < 1.29 is 9.47 Å². The van der Waals surface area contributed by atoms with Gasteiger partial charge in [0.05, 0.1) is 24.4 Å². The summed E-state index contributed by atoms with van der Waals surface area (Å²) in [6, 6.07) is 14.4. The average molecular weight is 353 g/mol. The van der Waals surface area contributed by atoms with Crippen LogP contribution in [0.15, 0.2) is 48.7 Å². The van der Waals surface area contributed by atoms with Crippen LogP contribution in [0.1, 0.15) is 0 Å². The largest absolute Gasteiger partial charge is 0.493 e. The molecule has 6 heteroatoms. The zero-order chi connectivity index (χ0) is 17.2. The highest BCUT2D eigenvalue weighted by molar-refractivity contribution is 7.13. The molecule has 0 spiro atoms. The monoisotopic (exact) mass is 353 g/mol. The molecule has 1 N–H and O–H groups in total. The minimum Gasteiger partial charge on any atom is -0.493 e. The van der Waals surface area contributed by atoms with Crippen LogP contribution in [0.5, 0.6) is 11.5 Å². The predicted molar refractivity (Wildman–Crippen MR) is 103 cm³/mol. The lowest BCUT2D eigenvalue weighted by atomic mass is 10.2. The molecule has 0 aliphatic carbocycles. The van der Waals surface area contributed by atoms with Gasteiger partial charge in [0, 0.05) is 36.1 Å². The fourth-order valence-electron chi connectivity index (χ4n) is 3.02. The summed E-state index contributed by atoms with van der Waals surface area (Å²) in [7, 11) is 3.31. The zero-order valence-corrected chi connectivity index (χ0v) is 15.0. The Balaban J connectivity index is 1.53. The van der Waals surface area contributed by atoms with Gasteiger partial charge in [-0.2, -0.15) is 4.37 Å². The summed E-state index contributed by atoms with van der Waals surface area (Å²) in [5.41, 5.74) is 1.13. The van der Waals surface area contributed by atoms with Gasteiger partial charge in [-0.05, 0) is 35.8 Å². The van der Waals surface area contributed by atoms with E-state index in [4.69, 9.17) is 9.47 Å². The second-order valence-corrected chi connectivity index (χ2v) is 6.53. The molecule has 128 valence electrons. The number of anilines is 1. The molecule has 0 unspecified atom stereocenters. The molecule has 2 aromatic carbocycles. The molecule has 0 atom stereocenters. The quantitative estimate of drug-likeness (QED) is 0.559. The van der Waals surface area contributed by atoms with Crippen LogP contribution in [0.4, 0.5) is 5.82 Å². The number of fused-ring (bicyclic) bond motifs is 2. The standard InChI is InChI=1S/C19H19N3O2S/c1-23-16-11-13-7-9-22(15(13)12-17(16)24-2)10-8-20-19-14-5-3-4-6-18(14)25-21-19/h3-7,9,11-12H,8,10H2,1-2H3,(H,20,21). The van der Waals surface area contributed by atoms with Crippen molar-refractivity contribution in [3.63, 3.8) is 0 Å². The molecule has 25 heavy (non-hydrogen) atoms. The van der Waals surface area contributed by atoms with Gasteiger partial charge in [-0.1, -0.05) is 12.1 Å². The molecule has 2 heterocycles. The molecule has 0 saturated heterocycles. The molecule has 4 aromatic rings. The maximum Gasteiger partial charge on any atom is 0.162 e. The number of hydrogen-bond acceptors (Lipinski definition) is 5. The molecule has 5 nitrogen and oxygen atoms in total. The van der Waals surface area contributed by atoms with Crippen molar-refractivity contribution in [3.8, 4) is 11.5 Å². The summed E-state index contributed by atoms with van der Waals surface area (Å²) in [5.74, 6) is 2.45. The van der Waals surface area contributed by atoms with Crippen molar-refractivity contribution in [2.75, 3.05) is 26.1 Å². The van der Waals surface area contributed by atoms with Crippen molar-refractivity contribution >= 4 is 38.3 Å². The fraction of sp³-hybridized carbons (Fsp3) is 0.211. The van der Waals surface area contributed by atoms with Crippen LogP contribution < -0.4 is 14.8 Å². The molecule has 0 bridgehead atoms. The van der Waals surface area contributed by atoms with E-state index in [1.165, 1.54) is 21.6 Å². The van der Waals surface area contributed by atoms with E-state index in [0.717, 1.165) is 41.3 Å². The van der Waals surface area contributed by atoms with E-state index in [9.17, 15) is 0 Å². The van der Waals surface area contributed by atoms with E-state index in [2.05, 4.69) is 38.7 Å². The Morgan fingerprint density at radius 1 is 1.08 bits per heavy atom. The number of benzene rings is 2. The molecule has 0 aliphatic heterocycles. The molecular weight excluding hydrogens is 334 g/mol. The first-order chi connectivity index (χ1) is 12.3. The lowest BCUT2D eigenvalue weighted by molar-refractivity contribution is 0.355. The number of ether oxygens (including phenoxy) is 2. The Hall–Kier alpha value is -2.73. The first kappa shape index (κ1) is 15.8. The number of nitrogens with zero attached hydrogens (tertiary/aromatic N) is 2. The zero-order valence-electron chi connectivity index (χ0n) is 14.2. The van der Waals surface area contributed by atoms with Crippen molar-refractivity contribution in [2.24, 2.45) is 0 Å². The summed E-state index contributed by atoms with van der Waals surface area (Å²) in [4.78, 5) is 0. The lowest BCUT2D eigenvalue weighted by Gasteiger charge is -2.10. The van der Waals surface area contributed by atoms with Crippen molar-refractivity contribution in [1.82, 2.24) is 8.94 Å². The predicted octanol–water partition coefficient (Wildman–Crippen LogP) is 4.38. The smallest absolute Gasteiger partial charge is 0.162 e. The van der Waals surface area contributed by atoms with Crippen LogP contribution in [-0.4, -0.2) is 29.7 Å². The molecular formula is C19H19N3O2S. The second kappa shape index (κ2) is 6.64. The first-order valence-electron chi connectivity index (χ1n) is 8.09. The topological polar surface area (TPSA) is 48.3 Å². The second-order valence-electron chi connectivity index (χ2n) is 5.73. The van der Waals surface area contributed by atoms with Gasteiger partial charge < -0.3 is 19.4 Å². The highest BCUT2D eigenvalue weighted by atomic mass is 32.1. The minimum atomic E-state index is 0.744. The Kier molecular flexibility index (Phi) is 4.19. The summed E-state index contributed by atoms with van der Waals surface area (Å²) in [5, 5.41) is 5.76. The van der Waals surface area contributed by atoms with Crippen LogP contribution in [0, 0.1) is 0 Å².